The molecule has 0 fully saturated rings. The van der Waals surface area contributed by atoms with Crippen LogP contribution in [0.25, 0.3) is 0 Å². The molecular formula is C9H18F2N2. The maximum atomic E-state index is 12.0. The minimum atomic E-state index is -2.49. The monoisotopic (exact) mass is 192 g/mol. The predicted octanol–water partition coefficient (Wildman–Crippen LogP) is 1.65. The van der Waals surface area contributed by atoms with E-state index >= 15 is 0 Å². The van der Waals surface area contributed by atoms with Crippen LogP contribution in [-0.2, 0) is 0 Å². The van der Waals surface area contributed by atoms with Crippen LogP contribution in [0.5, 0.6) is 0 Å². The van der Waals surface area contributed by atoms with E-state index in [-0.39, 0.29) is 6.04 Å². The van der Waals surface area contributed by atoms with Crippen LogP contribution >= 0.6 is 0 Å². The molecule has 0 heterocycles. The molecule has 0 saturated heterocycles. The van der Waals surface area contributed by atoms with Gasteiger partial charge in [0.1, 0.15) is 0 Å². The van der Waals surface area contributed by atoms with E-state index < -0.39 is 12.5 Å². The van der Waals surface area contributed by atoms with Crippen LogP contribution in [0.1, 0.15) is 26.7 Å². The van der Waals surface area contributed by atoms with Gasteiger partial charge in [-0.2, -0.15) is 0 Å². The summed E-state index contributed by atoms with van der Waals surface area (Å²) in [5.41, 5.74) is 11.7. The fourth-order valence-electron chi connectivity index (χ4n) is 1.03. The highest BCUT2D eigenvalue weighted by Gasteiger charge is 2.12. The predicted molar refractivity (Wildman–Crippen MR) is 50.6 cm³/mol. The van der Waals surface area contributed by atoms with E-state index in [1.54, 1.807) is 6.92 Å². The summed E-state index contributed by atoms with van der Waals surface area (Å²) in [6.07, 6.45) is 0.374. The van der Waals surface area contributed by atoms with E-state index in [9.17, 15) is 8.78 Å². The Bertz CT molecular complexity index is 169. The van der Waals surface area contributed by atoms with Crippen LogP contribution < -0.4 is 11.5 Å². The lowest BCUT2D eigenvalue weighted by Gasteiger charge is -2.11. The second-order valence-electron chi connectivity index (χ2n) is 3.30. The first-order valence-corrected chi connectivity index (χ1v) is 4.44. The third kappa shape index (κ3) is 5.71. The number of rotatable bonds is 5. The first-order chi connectivity index (χ1) is 5.97. The van der Waals surface area contributed by atoms with Gasteiger partial charge in [-0.05, 0) is 19.8 Å². The van der Waals surface area contributed by atoms with Gasteiger partial charge in [0.25, 0.3) is 6.43 Å². The second-order valence-corrected chi connectivity index (χ2v) is 3.30. The van der Waals surface area contributed by atoms with E-state index in [1.807, 2.05) is 6.92 Å². The smallest absolute Gasteiger partial charge is 0.257 e. The summed E-state index contributed by atoms with van der Waals surface area (Å²) >= 11 is 0. The molecule has 0 aromatic rings. The van der Waals surface area contributed by atoms with Gasteiger partial charge in [-0.3, -0.25) is 0 Å². The first kappa shape index (κ1) is 12.5. The highest BCUT2D eigenvalue weighted by atomic mass is 19.3. The molecular weight excluding hydrogens is 174 g/mol. The SMILES string of the molecule is CCC(N)C/C(C)=C/C(N)C(F)F. The summed E-state index contributed by atoms with van der Waals surface area (Å²) < 4.78 is 24.0. The molecule has 0 bridgehead atoms. The summed E-state index contributed by atoms with van der Waals surface area (Å²) in [6.45, 7) is 3.74. The Morgan fingerprint density at radius 1 is 1.38 bits per heavy atom. The zero-order chi connectivity index (χ0) is 10.4. The molecule has 4 N–H and O–H groups in total. The van der Waals surface area contributed by atoms with Crippen LogP contribution in [0, 0.1) is 0 Å². The van der Waals surface area contributed by atoms with E-state index in [4.69, 9.17) is 11.5 Å². The Labute approximate surface area is 78.0 Å². The van der Waals surface area contributed by atoms with Crippen molar-refractivity contribution in [3.05, 3.63) is 11.6 Å². The maximum Gasteiger partial charge on any atom is 0.257 e. The topological polar surface area (TPSA) is 52.0 Å². The molecule has 13 heavy (non-hydrogen) atoms. The molecule has 0 amide bonds. The minimum Gasteiger partial charge on any atom is -0.327 e. The number of halogens is 2. The molecule has 0 radical (unpaired) electrons. The summed E-state index contributed by atoms with van der Waals surface area (Å²) in [4.78, 5) is 0. The second kappa shape index (κ2) is 6.05. The average molecular weight is 192 g/mol. The molecule has 78 valence electrons. The van der Waals surface area contributed by atoms with Crippen LogP contribution in [0.2, 0.25) is 0 Å². The quantitative estimate of drug-likeness (QED) is 0.651. The number of hydrogen-bond donors (Lipinski definition) is 2. The average Bonchev–Trinajstić information content (AvgIpc) is 2.03. The molecule has 0 saturated carbocycles. The first-order valence-electron chi connectivity index (χ1n) is 4.44. The maximum absolute atomic E-state index is 12.0. The lowest BCUT2D eigenvalue weighted by molar-refractivity contribution is 0.133. The van der Waals surface area contributed by atoms with Crippen molar-refractivity contribution in [2.75, 3.05) is 0 Å². The van der Waals surface area contributed by atoms with E-state index in [0.717, 1.165) is 12.0 Å². The van der Waals surface area contributed by atoms with E-state index in [0.29, 0.717) is 6.42 Å². The molecule has 0 aromatic carbocycles. The van der Waals surface area contributed by atoms with Crippen LogP contribution in [0.15, 0.2) is 11.6 Å². The van der Waals surface area contributed by atoms with Gasteiger partial charge in [-0.15, -0.1) is 0 Å². The molecule has 2 nitrogen and oxygen atoms in total. The Balaban J connectivity index is 4.01. The van der Waals surface area contributed by atoms with Crippen molar-refractivity contribution in [1.29, 1.82) is 0 Å². The summed E-state index contributed by atoms with van der Waals surface area (Å²) in [5, 5.41) is 0. The van der Waals surface area contributed by atoms with Crippen molar-refractivity contribution in [3.63, 3.8) is 0 Å². The summed E-state index contributed by atoms with van der Waals surface area (Å²) in [6, 6.07) is -1.12. The molecule has 2 atom stereocenters. The van der Waals surface area contributed by atoms with Gasteiger partial charge >= 0.3 is 0 Å². The van der Waals surface area contributed by atoms with Gasteiger partial charge in [0.05, 0.1) is 6.04 Å². The summed E-state index contributed by atoms with van der Waals surface area (Å²) in [7, 11) is 0. The van der Waals surface area contributed by atoms with Gasteiger partial charge in [0, 0.05) is 6.04 Å². The molecule has 0 spiro atoms. The molecule has 0 aliphatic carbocycles. The van der Waals surface area contributed by atoms with Crippen molar-refractivity contribution < 1.29 is 8.78 Å². The van der Waals surface area contributed by atoms with Crippen molar-refractivity contribution >= 4 is 0 Å². The number of alkyl halides is 2. The third-order valence-corrected chi connectivity index (χ3v) is 1.88. The van der Waals surface area contributed by atoms with Crippen LogP contribution in [0.3, 0.4) is 0 Å². The third-order valence-electron chi connectivity index (χ3n) is 1.88. The summed E-state index contributed by atoms with van der Waals surface area (Å²) in [5.74, 6) is 0. The lowest BCUT2D eigenvalue weighted by Crippen LogP contribution is -2.27. The normalized spacial score (nSPS) is 17.6. The number of hydrogen-bond acceptors (Lipinski definition) is 2. The zero-order valence-electron chi connectivity index (χ0n) is 8.13. The lowest BCUT2D eigenvalue weighted by atomic mass is 10.0. The van der Waals surface area contributed by atoms with Crippen LogP contribution in [0.4, 0.5) is 8.78 Å². The van der Waals surface area contributed by atoms with Crippen molar-refractivity contribution in [2.45, 2.75) is 45.2 Å². The zero-order valence-corrected chi connectivity index (χ0v) is 8.13. The Kier molecular flexibility index (Phi) is 5.82. The van der Waals surface area contributed by atoms with Crippen molar-refractivity contribution in [3.8, 4) is 0 Å². The van der Waals surface area contributed by atoms with Crippen LogP contribution in [-0.4, -0.2) is 18.5 Å². The molecule has 0 aliphatic rings. The highest BCUT2D eigenvalue weighted by Crippen LogP contribution is 2.09. The molecule has 0 aliphatic heterocycles. The fraction of sp³-hybridized carbons (Fsp3) is 0.778. The van der Waals surface area contributed by atoms with Gasteiger partial charge in [0.15, 0.2) is 0 Å². The van der Waals surface area contributed by atoms with E-state index in [2.05, 4.69) is 0 Å². The van der Waals surface area contributed by atoms with Crippen molar-refractivity contribution in [2.24, 2.45) is 11.5 Å². The standard InChI is InChI=1S/C9H18F2N2/c1-3-7(12)4-6(2)5-8(13)9(10)11/h5,7-9H,3-4,12-13H2,1-2H3/b6-5+. The highest BCUT2D eigenvalue weighted by molar-refractivity contribution is 5.05. The molecule has 4 heteroatoms. The Morgan fingerprint density at radius 2 is 1.92 bits per heavy atom. The van der Waals surface area contributed by atoms with Gasteiger partial charge in [-0.25, -0.2) is 8.78 Å². The van der Waals surface area contributed by atoms with Gasteiger partial charge < -0.3 is 11.5 Å². The largest absolute Gasteiger partial charge is 0.327 e. The Morgan fingerprint density at radius 3 is 2.31 bits per heavy atom. The van der Waals surface area contributed by atoms with Crippen molar-refractivity contribution in [1.82, 2.24) is 0 Å². The fourth-order valence-corrected chi connectivity index (χ4v) is 1.03. The Hall–Kier alpha value is -0.480. The van der Waals surface area contributed by atoms with Gasteiger partial charge in [-0.1, -0.05) is 18.6 Å². The molecule has 2 unspecified atom stereocenters. The number of nitrogens with two attached hydrogens (primary N) is 2. The minimum absolute atomic E-state index is 0.0427. The van der Waals surface area contributed by atoms with Gasteiger partial charge in [0.2, 0.25) is 0 Å². The molecule has 0 rings (SSSR count). The van der Waals surface area contributed by atoms with E-state index in [1.165, 1.54) is 6.08 Å². The molecule has 0 aromatic heterocycles.